The van der Waals surface area contributed by atoms with E-state index in [1.54, 1.807) is 7.11 Å². The monoisotopic (exact) mass is 463 g/mol. The molecule has 1 heterocycles. The first-order valence-electron chi connectivity index (χ1n) is 12.0. The van der Waals surface area contributed by atoms with E-state index in [0.717, 1.165) is 35.5 Å². The molecule has 0 saturated heterocycles. The molecule has 1 aromatic heterocycles. The van der Waals surface area contributed by atoms with Gasteiger partial charge in [0.05, 0.1) is 29.7 Å². The number of aliphatic hydroxyl groups excluding tert-OH is 1. The highest BCUT2D eigenvalue weighted by atomic mass is 16.5. The average molecular weight is 464 g/mol. The van der Waals surface area contributed by atoms with E-state index in [2.05, 4.69) is 25.3 Å². The molecule has 0 aliphatic rings. The summed E-state index contributed by atoms with van der Waals surface area (Å²) < 4.78 is 13.7. The summed E-state index contributed by atoms with van der Waals surface area (Å²) in [5.74, 6) is 1.47. The lowest BCUT2D eigenvalue weighted by atomic mass is 10.1. The molecule has 182 valence electrons. The molecule has 3 aromatic rings. The summed E-state index contributed by atoms with van der Waals surface area (Å²) in [6, 6.07) is 18.1. The van der Waals surface area contributed by atoms with Crippen LogP contribution in [0.15, 0.2) is 67.3 Å². The predicted molar refractivity (Wildman–Crippen MR) is 137 cm³/mol. The molecule has 0 spiro atoms. The van der Waals surface area contributed by atoms with Crippen LogP contribution in [0.2, 0.25) is 0 Å². The number of nitrogens with zero attached hydrogens (tertiary/aromatic N) is 3. The molecule has 0 bridgehead atoms. The summed E-state index contributed by atoms with van der Waals surface area (Å²) in [4.78, 5) is 2.21. The zero-order valence-electron chi connectivity index (χ0n) is 20.6. The number of benzene rings is 2. The van der Waals surface area contributed by atoms with Crippen LogP contribution in [0.1, 0.15) is 36.6 Å². The minimum Gasteiger partial charge on any atom is -0.439 e. The molecule has 34 heavy (non-hydrogen) atoms. The highest BCUT2D eigenvalue weighted by Crippen LogP contribution is 2.32. The van der Waals surface area contributed by atoms with Gasteiger partial charge in [-0.25, -0.2) is 4.68 Å². The Morgan fingerprint density at radius 2 is 1.88 bits per heavy atom. The number of aryl methyl sites for hydroxylation is 2. The van der Waals surface area contributed by atoms with Gasteiger partial charge in [-0.15, -0.1) is 6.58 Å². The van der Waals surface area contributed by atoms with Crippen molar-refractivity contribution in [2.75, 3.05) is 26.8 Å². The van der Waals surface area contributed by atoms with E-state index in [9.17, 15) is 5.11 Å². The van der Waals surface area contributed by atoms with Crippen LogP contribution in [-0.4, -0.2) is 52.7 Å². The third kappa shape index (κ3) is 7.03. The van der Waals surface area contributed by atoms with E-state index < -0.39 is 6.10 Å². The Labute approximate surface area is 203 Å². The molecule has 0 saturated carbocycles. The van der Waals surface area contributed by atoms with Crippen molar-refractivity contribution >= 4 is 0 Å². The van der Waals surface area contributed by atoms with Gasteiger partial charge in [0.2, 0.25) is 5.88 Å². The molecule has 0 radical (unpaired) electrons. The molecule has 0 aliphatic carbocycles. The Bertz CT molecular complexity index is 1020. The van der Waals surface area contributed by atoms with Crippen LogP contribution in [0.25, 0.3) is 5.69 Å². The van der Waals surface area contributed by atoms with Crippen LogP contribution in [-0.2, 0) is 17.7 Å². The highest BCUT2D eigenvalue weighted by molar-refractivity contribution is 5.44. The van der Waals surface area contributed by atoms with Crippen LogP contribution in [0.4, 0.5) is 0 Å². The second kappa shape index (κ2) is 13.1. The number of hydrogen-bond donors (Lipinski definition) is 1. The number of para-hydroxylation sites is 1. The van der Waals surface area contributed by atoms with Crippen molar-refractivity contribution < 1.29 is 14.6 Å². The standard InChI is InChI=1S/C28H37N3O3/c1-5-7-13-24(32)20-30(18-19-33-4)21-26-27(6-2)29-31(23-11-9-8-10-12-23)28(26)34-25-16-14-22(3)15-17-25/h5,8-12,14-17,24,32H,1,6-7,13,18-21H2,2-4H3/t24-/m1/s1. The maximum atomic E-state index is 10.6. The van der Waals surface area contributed by atoms with E-state index in [1.807, 2.05) is 65.4 Å². The van der Waals surface area contributed by atoms with Crippen LogP contribution < -0.4 is 4.74 Å². The average Bonchev–Trinajstić information content (AvgIpc) is 3.20. The first kappa shape index (κ1) is 25.7. The number of ether oxygens (including phenoxy) is 2. The minimum absolute atomic E-state index is 0.439. The predicted octanol–water partition coefficient (Wildman–Crippen LogP) is 5.31. The Balaban J connectivity index is 1.99. The third-order valence-corrected chi connectivity index (χ3v) is 5.76. The van der Waals surface area contributed by atoms with Crippen LogP contribution in [0.3, 0.4) is 0 Å². The fourth-order valence-electron chi connectivity index (χ4n) is 3.87. The molecule has 3 rings (SSSR count). The van der Waals surface area contributed by atoms with Crippen LogP contribution in [0, 0.1) is 6.92 Å². The Morgan fingerprint density at radius 3 is 2.53 bits per heavy atom. The first-order valence-corrected chi connectivity index (χ1v) is 12.0. The van der Waals surface area contributed by atoms with Gasteiger partial charge in [0, 0.05) is 26.7 Å². The lowest BCUT2D eigenvalue weighted by molar-refractivity contribution is 0.0804. The normalized spacial score (nSPS) is 12.1. The molecule has 0 aliphatic heterocycles. The van der Waals surface area contributed by atoms with Gasteiger partial charge in [0.1, 0.15) is 5.75 Å². The molecular formula is C28H37N3O3. The summed E-state index contributed by atoms with van der Waals surface area (Å²) in [6.07, 6.45) is 3.65. The van der Waals surface area contributed by atoms with E-state index in [-0.39, 0.29) is 0 Å². The number of aliphatic hydroxyl groups is 1. The van der Waals surface area contributed by atoms with Gasteiger partial charge < -0.3 is 14.6 Å². The summed E-state index contributed by atoms with van der Waals surface area (Å²) in [6.45, 7) is 10.4. The minimum atomic E-state index is -0.439. The van der Waals surface area contributed by atoms with E-state index >= 15 is 0 Å². The number of allylic oxidation sites excluding steroid dienone is 1. The second-order valence-corrected chi connectivity index (χ2v) is 8.49. The van der Waals surface area contributed by atoms with Gasteiger partial charge in [0.25, 0.3) is 0 Å². The largest absolute Gasteiger partial charge is 0.439 e. The molecule has 2 aromatic carbocycles. The summed E-state index contributed by atoms with van der Waals surface area (Å²) >= 11 is 0. The van der Waals surface area contributed by atoms with E-state index in [1.165, 1.54) is 5.56 Å². The Kier molecular flexibility index (Phi) is 9.89. The lowest BCUT2D eigenvalue weighted by Gasteiger charge is -2.25. The number of hydrogen-bond acceptors (Lipinski definition) is 5. The van der Waals surface area contributed by atoms with Crippen molar-refractivity contribution in [1.29, 1.82) is 0 Å². The SMILES string of the molecule is C=CCC[C@@H](O)CN(CCOC)Cc1c(CC)nn(-c2ccccc2)c1Oc1ccc(C)cc1. The van der Waals surface area contributed by atoms with Crippen molar-refractivity contribution in [2.24, 2.45) is 0 Å². The number of methoxy groups -OCH3 is 1. The molecule has 1 atom stereocenters. The molecule has 0 amide bonds. The van der Waals surface area contributed by atoms with Gasteiger partial charge in [-0.2, -0.15) is 5.10 Å². The second-order valence-electron chi connectivity index (χ2n) is 8.49. The molecular weight excluding hydrogens is 426 g/mol. The summed E-state index contributed by atoms with van der Waals surface area (Å²) in [5.41, 5.74) is 4.13. The molecule has 0 fully saturated rings. The van der Waals surface area contributed by atoms with Crippen molar-refractivity contribution in [3.8, 4) is 17.3 Å². The maximum absolute atomic E-state index is 10.6. The van der Waals surface area contributed by atoms with Crippen LogP contribution >= 0.6 is 0 Å². The maximum Gasteiger partial charge on any atom is 0.227 e. The van der Waals surface area contributed by atoms with Gasteiger partial charge >= 0.3 is 0 Å². The van der Waals surface area contributed by atoms with Crippen LogP contribution in [0.5, 0.6) is 11.6 Å². The van der Waals surface area contributed by atoms with E-state index in [4.69, 9.17) is 14.6 Å². The Hall–Kier alpha value is -2.93. The van der Waals surface area contributed by atoms with Gasteiger partial charge in [0.15, 0.2) is 0 Å². The molecule has 0 unspecified atom stereocenters. The smallest absolute Gasteiger partial charge is 0.227 e. The number of rotatable bonds is 14. The van der Waals surface area contributed by atoms with Gasteiger partial charge in [-0.3, -0.25) is 4.90 Å². The lowest BCUT2D eigenvalue weighted by Crippen LogP contribution is -2.34. The summed E-state index contributed by atoms with van der Waals surface area (Å²) in [5, 5.41) is 15.5. The topological polar surface area (TPSA) is 59.8 Å². The van der Waals surface area contributed by atoms with Crippen molar-refractivity contribution in [3.63, 3.8) is 0 Å². The highest BCUT2D eigenvalue weighted by Gasteiger charge is 2.23. The quantitative estimate of drug-likeness (QED) is 0.328. The first-order chi connectivity index (χ1) is 16.5. The molecule has 6 nitrogen and oxygen atoms in total. The van der Waals surface area contributed by atoms with Crippen molar-refractivity contribution in [1.82, 2.24) is 14.7 Å². The van der Waals surface area contributed by atoms with Gasteiger partial charge in [-0.1, -0.05) is 48.9 Å². The van der Waals surface area contributed by atoms with Crippen molar-refractivity contribution in [3.05, 3.63) is 84.1 Å². The zero-order valence-corrected chi connectivity index (χ0v) is 20.6. The zero-order chi connectivity index (χ0) is 24.3. The van der Waals surface area contributed by atoms with Crippen molar-refractivity contribution in [2.45, 2.75) is 45.8 Å². The van der Waals surface area contributed by atoms with E-state index in [0.29, 0.717) is 38.5 Å². The molecule has 6 heteroatoms. The third-order valence-electron chi connectivity index (χ3n) is 5.76. The van der Waals surface area contributed by atoms with Gasteiger partial charge in [-0.05, 0) is 50.5 Å². The number of aromatic nitrogens is 2. The fourth-order valence-corrected chi connectivity index (χ4v) is 3.87. The molecule has 1 N–H and O–H groups in total. The Morgan fingerprint density at radius 1 is 1.15 bits per heavy atom. The summed E-state index contributed by atoms with van der Waals surface area (Å²) in [7, 11) is 1.70. The fraction of sp³-hybridized carbons (Fsp3) is 0.393.